The van der Waals surface area contributed by atoms with E-state index < -0.39 is 12.1 Å². The molecule has 0 saturated carbocycles. The number of nitrogens with zero attached hydrogens (tertiary/aromatic N) is 3. The van der Waals surface area contributed by atoms with Crippen LogP contribution in [0.15, 0.2) is 11.6 Å². The number of carboxylic acid groups (broad SMARTS) is 1. The van der Waals surface area contributed by atoms with Crippen molar-refractivity contribution in [2.45, 2.75) is 31.7 Å². The van der Waals surface area contributed by atoms with Crippen LogP contribution in [0.2, 0.25) is 0 Å². The van der Waals surface area contributed by atoms with Crippen molar-refractivity contribution in [2.24, 2.45) is 11.8 Å². The van der Waals surface area contributed by atoms with Crippen molar-refractivity contribution in [1.29, 1.82) is 0 Å². The van der Waals surface area contributed by atoms with E-state index in [2.05, 4.69) is 9.88 Å². The number of aliphatic carboxylic acids is 1. The molecule has 1 N–H and O–H groups in total. The largest absolute Gasteiger partial charge is 0.490 e. The van der Waals surface area contributed by atoms with Crippen LogP contribution in [0.25, 0.3) is 0 Å². The maximum Gasteiger partial charge on any atom is 0.490 e. The van der Waals surface area contributed by atoms with Gasteiger partial charge in [-0.1, -0.05) is 0 Å². The maximum atomic E-state index is 12.4. The normalized spacial score (nSPS) is 25.2. The average Bonchev–Trinajstić information content (AvgIpc) is 3.13. The SMILES string of the molecule is CN(C)C(=O)[C@@H]1CCO[C@@H]2CCN(Cc3nccs3)C[C@@H]21.O=C(O)C(F)(F)F. The summed E-state index contributed by atoms with van der Waals surface area (Å²) in [5, 5.41) is 10.3. The smallest absolute Gasteiger partial charge is 0.475 e. The number of ether oxygens (including phenoxy) is 1. The minimum absolute atomic E-state index is 0.109. The summed E-state index contributed by atoms with van der Waals surface area (Å²) in [5.41, 5.74) is 0. The number of alkyl halides is 3. The van der Waals surface area contributed by atoms with Crippen molar-refractivity contribution >= 4 is 23.2 Å². The number of aromatic nitrogens is 1. The summed E-state index contributed by atoms with van der Waals surface area (Å²) in [6.07, 6.45) is -1.11. The van der Waals surface area contributed by atoms with Gasteiger partial charge in [0.05, 0.1) is 12.6 Å². The number of fused-ring (bicyclic) bond motifs is 1. The summed E-state index contributed by atoms with van der Waals surface area (Å²) in [6.45, 7) is 3.58. The predicted octanol–water partition coefficient (Wildman–Crippen LogP) is 2.09. The van der Waals surface area contributed by atoms with Crippen molar-refractivity contribution in [3.05, 3.63) is 16.6 Å². The number of amides is 1. The Kier molecular flexibility index (Phi) is 7.79. The molecule has 1 aromatic rings. The molecule has 0 aliphatic carbocycles. The van der Waals surface area contributed by atoms with Gasteiger partial charge in [0.25, 0.3) is 0 Å². The molecule has 0 bridgehead atoms. The second-order valence-corrected chi connectivity index (χ2v) is 7.93. The summed E-state index contributed by atoms with van der Waals surface area (Å²) in [6, 6.07) is 0. The van der Waals surface area contributed by atoms with E-state index in [9.17, 15) is 18.0 Å². The van der Waals surface area contributed by atoms with E-state index in [1.54, 1.807) is 16.2 Å². The Morgan fingerprint density at radius 1 is 1.39 bits per heavy atom. The van der Waals surface area contributed by atoms with Gasteiger partial charge >= 0.3 is 12.1 Å². The Morgan fingerprint density at radius 2 is 2.07 bits per heavy atom. The number of rotatable bonds is 3. The lowest BCUT2D eigenvalue weighted by Gasteiger charge is -2.44. The molecular weight excluding hydrogens is 399 g/mol. The van der Waals surface area contributed by atoms with Gasteiger partial charge in [0.2, 0.25) is 5.91 Å². The third-order valence-electron chi connectivity index (χ3n) is 4.80. The van der Waals surface area contributed by atoms with Crippen LogP contribution in [0, 0.1) is 11.8 Å². The number of carbonyl (C=O) groups excluding carboxylic acids is 1. The molecule has 2 fully saturated rings. The zero-order chi connectivity index (χ0) is 20.9. The molecule has 11 heteroatoms. The van der Waals surface area contributed by atoms with Crippen LogP contribution in [-0.2, 0) is 20.9 Å². The lowest BCUT2D eigenvalue weighted by atomic mass is 9.79. The highest BCUT2D eigenvalue weighted by Gasteiger charge is 2.42. The molecule has 7 nitrogen and oxygen atoms in total. The summed E-state index contributed by atoms with van der Waals surface area (Å²) in [5.74, 6) is -2.07. The minimum atomic E-state index is -5.08. The quantitative estimate of drug-likeness (QED) is 0.802. The molecule has 0 unspecified atom stereocenters. The highest BCUT2D eigenvalue weighted by atomic mass is 32.1. The van der Waals surface area contributed by atoms with E-state index in [1.165, 1.54) is 0 Å². The van der Waals surface area contributed by atoms with Crippen molar-refractivity contribution < 1.29 is 32.6 Å². The van der Waals surface area contributed by atoms with Crippen LogP contribution in [0.1, 0.15) is 17.8 Å². The van der Waals surface area contributed by atoms with Gasteiger partial charge in [-0.05, 0) is 12.8 Å². The molecule has 0 aromatic carbocycles. The van der Waals surface area contributed by atoms with Gasteiger partial charge in [0.1, 0.15) is 5.01 Å². The van der Waals surface area contributed by atoms with Gasteiger partial charge in [0.15, 0.2) is 0 Å². The number of halogens is 3. The number of carbonyl (C=O) groups is 2. The number of carboxylic acids is 1. The Bertz CT molecular complexity index is 655. The second kappa shape index (κ2) is 9.66. The van der Waals surface area contributed by atoms with Gasteiger partial charge in [0, 0.05) is 57.2 Å². The lowest BCUT2D eigenvalue weighted by Crippen LogP contribution is -2.52. The maximum absolute atomic E-state index is 12.4. The van der Waals surface area contributed by atoms with Crippen LogP contribution >= 0.6 is 11.3 Å². The Morgan fingerprint density at radius 3 is 2.61 bits per heavy atom. The zero-order valence-electron chi connectivity index (χ0n) is 15.7. The molecule has 2 aliphatic rings. The topological polar surface area (TPSA) is 83.0 Å². The molecule has 2 saturated heterocycles. The lowest BCUT2D eigenvalue weighted by molar-refractivity contribution is -0.192. The van der Waals surface area contributed by atoms with Gasteiger partial charge in [-0.2, -0.15) is 13.2 Å². The molecule has 1 aromatic heterocycles. The summed E-state index contributed by atoms with van der Waals surface area (Å²) in [4.78, 5) is 29.8. The molecule has 3 rings (SSSR count). The number of piperidine rings is 1. The van der Waals surface area contributed by atoms with Crippen molar-refractivity contribution in [2.75, 3.05) is 33.8 Å². The van der Waals surface area contributed by atoms with E-state index in [0.717, 1.165) is 44.1 Å². The molecule has 28 heavy (non-hydrogen) atoms. The van der Waals surface area contributed by atoms with Crippen LogP contribution < -0.4 is 0 Å². The Balaban J connectivity index is 0.000000345. The van der Waals surface area contributed by atoms with Crippen molar-refractivity contribution in [1.82, 2.24) is 14.8 Å². The molecule has 0 radical (unpaired) electrons. The zero-order valence-corrected chi connectivity index (χ0v) is 16.5. The Hall–Kier alpha value is -1.72. The highest BCUT2D eigenvalue weighted by Crippen LogP contribution is 2.34. The third-order valence-corrected chi connectivity index (χ3v) is 5.56. The van der Waals surface area contributed by atoms with E-state index in [1.807, 2.05) is 25.7 Å². The van der Waals surface area contributed by atoms with Crippen LogP contribution in [0.5, 0.6) is 0 Å². The predicted molar refractivity (Wildman–Crippen MR) is 95.7 cm³/mol. The number of hydrogen-bond acceptors (Lipinski definition) is 6. The first-order valence-corrected chi connectivity index (χ1v) is 9.71. The first kappa shape index (κ1) is 22.6. The highest BCUT2D eigenvalue weighted by molar-refractivity contribution is 7.09. The molecule has 2 aliphatic heterocycles. The summed E-state index contributed by atoms with van der Waals surface area (Å²) < 4.78 is 37.7. The number of likely N-dealkylation sites (tertiary alicyclic amines) is 1. The number of thiazole rings is 1. The van der Waals surface area contributed by atoms with Crippen LogP contribution in [0.3, 0.4) is 0 Å². The first-order chi connectivity index (χ1) is 13.1. The first-order valence-electron chi connectivity index (χ1n) is 8.83. The van der Waals surface area contributed by atoms with E-state index >= 15 is 0 Å². The Labute approximate surface area is 165 Å². The van der Waals surface area contributed by atoms with Gasteiger partial charge in [-0.15, -0.1) is 11.3 Å². The van der Waals surface area contributed by atoms with E-state index in [4.69, 9.17) is 14.6 Å². The monoisotopic (exact) mass is 423 g/mol. The van der Waals surface area contributed by atoms with Crippen LogP contribution in [-0.4, -0.2) is 77.8 Å². The fourth-order valence-corrected chi connectivity index (χ4v) is 4.15. The molecule has 158 valence electrons. The minimum Gasteiger partial charge on any atom is -0.475 e. The summed E-state index contributed by atoms with van der Waals surface area (Å²) >= 11 is 1.70. The molecule has 0 spiro atoms. The van der Waals surface area contributed by atoms with Crippen LogP contribution in [0.4, 0.5) is 13.2 Å². The fraction of sp³-hybridized carbons (Fsp3) is 0.706. The summed E-state index contributed by atoms with van der Waals surface area (Å²) in [7, 11) is 3.70. The molecule has 3 atom stereocenters. The number of hydrogen-bond donors (Lipinski definition) is 1. The van der Waals surface area contributed by atoms with Gasteiger partial charge in [-0.3, -0.25) is 9.69 Å². The molecule has 1 amide bonds. The third kappa shape index (κ3) is 6.14. The average molecular weight is 423 g/mol. The van der Waals surface area contributed by atoms with Gasteiger partial charge < -0.3 is 14.7 Å². The molecule has 3 heterocycles. The standard InChI is InChI=1S/C15H23N3O2S.C2HF3O2/c1-17(2)15(19)11-4-7-20-13-3-6-18(9-12(11)13)10-14-16-5-8-21-14;3-2(4,5)1(6)7/h5,8,11-13H,3-4,6-7,9-10H2,1-2H3;(H,6,7)/t11-,12-,13-;/m1./s1. The van der Waals surface area contributed by atoms with E-state index in [0.29, 0.717) is 5.92 Å². The van der Waals surface area contributed by atoms with Crippen molar-refractivity contribution in [3.8, 4) is 0 Å². The van der Waals surface area contributed by atoms with Crippen molar-refractivity contribution in [3.63, 3.8) is 0 Å². The second-order valence-electron chi connectivity index (χ2n) is 6.95. The van der Waals surface area contributed by atoms with E-state index in [-0.39, 0.29) is 17.9 Å². The fourth-order valence-electron chi connectivity index (χ4n) is 3.49. The molecular formula is C17H24F3N3O4S. The van der Waals surface area contributed by atoms with Gasteiger partial charge in [-0.25, -0.2) is 9.78 Å².